The maximum absolute atomic E-state index is 12.3. The number of hydrogen-bond acceptors (Lipinski definition) is 6. The van der Waals surface area contributed by atoms with Crippen molar-refractivity contribution >= 4 is 22.8 Å². The molecule has 1 atom stereocenters. The van der Waals surface area contributed by atoms with E-state index in [-0.39, 0.29) is 11.8 Å². The number of nitrogens with one attached hydrogen (secondary N) is 1. The van der Waals surface area contributed by atoms with E-state index >= 15 is 0 Å². The number of nitrogens with zero attached hydrogens (tertiary/aromatic N) is 4. The predicted molar refractivity (Wildman–Crippen MR) is 87.3 cm³/mol. The zero-order valence-electron chi connectivity index (χ0n) is 13.9. The highest BCUT2D eigenvalue weighted by molar-refractivity contribution is 5.88. The first-order valence-corrected chi connectivity index (χ1v) is 8.23. The molecule has 1 aliphatic rings. The quantitative estimate of drug-likeness (QED) is 0.928. The number of fused-ring (bicyclic) bond motifs is 1. The van der Waals surface area contributed by atoms with Crippen LogP contribution in [-0.2, 0) is 4.79 Å². The molecular weight excluding hydrogens is 294 g/mol. The zero-order valence-corrected chi connectivity index (χ0v) is 13.9. The van der Waals surface area contributed by atoms with Crippen LogP contribution in [0.15, 0.2) is 4.52 Å². The van der Waals surface area contributed by atoms with E-state index < -0.39 is 0 Å². The van der Waals surface area contributed by atoms with Crippen molar-refractivity contribution in [3.63, 3.8) is 0 Å². The van der Waals surface area contributed by atoms with Gasteiger partial charge in [0, 0.05) is 19.6 Å². The number of amides is 1. The summed E-state index contributed by atoms with van der Waals surface area (Å²) in [7, 11) is 0. The molecule has 0 spiro atoms. The van der Waals surface area contributed by atoms with Gasteiger partial charge >= 0.3 is 0 Å². The minimum absolute atomic E-state index is 0.000729. The van der Waals surface area contributed by atoms with Crippen LogP contribution in [0.2, 0.25) is 0 Å². The van der Waals surface area contributed by atoms with Gasteiger partial charge in [-0.15, -0.1) is 0 Å². The van der Waals surface area contributed by atoms with E-state index in [0.29, 0.717) is 18.1 Å². The van der Waals surface area contributed by atoms with Crippen molar-refractivity contribution in [3.8, 4) is 0 Å². The van der Waals surface area contributed by atoms with E-state index in [4.69, 9.17) is 4.52 Å². The number of aryl methyl sites for hydroxylation is 2. The van der Waals surface area contributed by atoms with E-state index in [9.17, 15) is 4.79 Å². The van der Waals surface area contributed by atoms with Crippen molar-refractivity contribution in [1.29, 1.82) is 0 Å². The first-order chi connectivity index (χ1) is 11.1. The molecule has 1 fully saturated rings. The van der Waals surface area contributed by atoms with Crippen molar-refractivity contribution in [1.82, 2.24) is 20.4 Å². The topological polar surface area (TPSA) is 84.2 Å². The first-order valence-electron chi connectivity index (χ1n) is 8.23. The minimum atomic E-state index is 0.000729. The fourth-order valence-electron chi connectivity index (χ4n) is 3.08. The Kier molecular flexibility index (Phi) is 4.45. The lowest BCUT2D eigenvalue weighted by atomic mass is 9.97. The lowest BCUT2D eigenvalue weighted by Gasteiger charge is -2.33. The van der Waals surface area contributed by atoms with Crippen molar-refractivity contribution in [2.75, 3.05) is 24.5 Å². The summed E-state index contributed by atoms with van der Waals surface area (Å²) in [5, 5.41) is 7.86. The van der Waals surface area contributed by atoms with Crippen LogP contribution in [-0.4, -0.2) is 40.7 Å². The summed E-state index contributed by atoms with van der Waals surface area (Å²) in [5.41, 5.74) is 1.30. The molecule has 0 aliphatic carbocycles. The molecular formula is C16H23N5O2. The van der Waals surface area contributed by atoms with Crippen molar-refractivity contribution in [3.05, 3.63) is 11.5 Å². The Bertz CT molecular complexity index is 712. The second-order valence-electron chi connectivity index (χ2n) is 6.12. The third-order valence-electron chi connectivity index (χ3n) is 4.24. The van der Waals surface area contributed by atoms with Gasteiger partial charge in [0.1, 0.15) is 17.0 Å². The second kappa shape index (κ2) is 6.52. The molecule has 1 N–H and O–H groups in total. The summed E-state index contributed by atoms with van der Waals surface area (Å²) in [6.45, 7) is 8.08. The molecule has 0 bridgehead atoms. The Labute approximate surface area is 135 Å². The number of rotatable bonds is 4. The average Bonchev–Trinajstić information content (AvgIpc) is 2.93. The molecule has 2 aromatic heterocycles. The van der Waals surface area contributed by atoms with Crippen molar-refractivity contribution < 1.29 is 9.32 Å². The lowest BCUT2D eigenvalue weighted by Crippen LogP contribution is -2.43. The summed E-state index contributed by atoms with van der Waals surface area (Å²) in [6.07, 6.45) is 2.84. The van der Waals surface area contributed by atoms with Crippen molar-refractivity contribution in [2.45, 2.75) is 40.0 Å². The third-order valence-corrected chi connectivity index (χ3v) is 4.24. The summed E-state index contributed by atoms with van der Waals surface area (Å²) in [6, 6.07) is 0. The number of aromatic nitrogens is 3. The highest BCUT2D eigenvalue weighted by atomic mass is 16.5. The van der Waals surface area contributed by atoms with Gasteiger partial charge in [-0.25, -0.2) is 4.98 Å². The third kappa shape index (κ3) is 3.13. The number of anilines is 1. The standard InChI is InChI=1S/C16H23N5O2/c1-4-7-17-15(22)12-6-5-8-21(9-12)14-13-10(2)20-23-16(13)19-11(3)18-14/h12H,4-9H2,1-3H3,(H,17,22). The molecule has 7 heteroatoms. The van der Waals surface area contributed by atoms with Crippen LogP contribution in [0.3, 0.4) is 0 Å². The molecule has 2 aromatic rings. The van der Waals surface area contributed by atoms with Gasteiger partial charge in [0.15, 0.2) is 0 Å². The summed E-state index contributed by atoms with van der Waals surface area (Å²) in [5.74, 6) is 1.63. The Morgan fingerprint density at radius 2 is 2.22 bits per heavy atom. The summed E-state index contributed by atoms with van der Waals surface area (Å²) >= 11 is 0. The van der Waals surface area contributed by atoms with Crippen LogP contribution in [0.4, 0.5) is 5.82 Å². The smallest absolute Gasteiger partial charge is 0.263 e. The molecule has 1 aliphatic heterocycles. The van der Waals surface area contributed by atoms with Gasteiger partial charge in [0.25, 0.3) is 5.71 Å². The monoisotopic (exact) mass is 317 g/mol. The van der Waals surface area contributed by atoms with Gasteiger partial charge in [0.05, 0.1) is 11.6 Å². The van der Waals surface area contributed by atoms with Crippen LogP contribution < -0.4 is 10.2 Å². The number of carbonyl (C=O) groups is 1. The fourth-order valence-corrected chi connectivity index (χ4v) is 3.08. The Balaban J connectivity index is 1.87. The number of piperidine rings is 1. The second-order valence-corrected chi connectivity index (χ2v) is 6.12. The van der Waals surface area contributed by atoms with Gasteiger partial charge in [-0.3, -0.25) is 4.79 Å². The molecule has 3 heterocycles. The number of hydrogen-bond donors (Lipinski definition) is 1. The van der Waals surface area contributed by atoms with Crippen molar-refractivity contribution in [2.24, 2.45) is 5.92 Å². The fraction of sp³-hybridized carbons (Fsp3) is 0.625. The summed E-state index contributed by atoms with van der Waals surface area (Å²) in [4.78, 5) is 23.3. The first kappa shape index (κ1) is 15.7. The van der Waals surface area contributed by atoms with E-state index in [1.165, 1.54) is 0 Å². The molecule has 1 unspecified atom stereocenters. The minimum Gasteiger partial charge on any atom is -0.356 e. The van der Waals surface area contributed by atoms with E-state index in [1.807, 2.05) is 13.8 Å². The maximum Gasteiger partial charge on any atom is 0.263 e. The van der Waals surface area contributed by atoms with Crippen LogP contribution in [0.1, 0.15) is 37.7 Å². The largest absolute Gasteiger partial charge is 0.356 e. The van der Waals surface area contributed by atoms with Gasteiger partial charge < -0.3 is 14.7 Å². The summed E-state index contributed by atoms with van der Waals surface area (Å²) < 4.78 is 5.28. The van der Waals surface area contributed by atoms with Crippen LogP contribution in [0.25, 0.3) is 11.1 Å². The van der Waals surface area contributed by atoms with Gasteiger partial charge in [-0.1, -0.05) is 12.1 Å². The molecule has 23 heavy (non-hydrogen) atoms. The SMILES string of the molecule is CCCNC(=O)C1CCCN(c2nc(C)nc3onc(C)c23)C1. The predicted octanol–water partition coefficient (Wildman–Crippen LogP) is 1.98. The molecule has 0 radical (unpaired) electrons. The molecule has 1 amide bonds. The Hall–Kier alpha value is -2.18. The van der Waals surface area contributed by atoms with Gasteiger partial charge in [0.2, 0.25) is 5.91 Å². The maximum atomic E-state index is 12.3. The van der Waals surface area contributed by atoms with Gasteiger partial charge in [-0.2, -0.15) is 4.98 Å². The highest BCUT2D eigenvalue weighted by Gasteiger charge is 2.28. The van der Waals surface area contributed by atoms with E-state index in [0.717, 1.165) is 49.2 Å². The van der Waals surface area contributed by atoms with Gasteiger partial charge in [-0.05, 0) is 33.1 Å². The molecule has 0 saturated carbocycles. The van der Waals surface area contributed by atoms with E-state index in [2.05, 4.69) is 32.3 Å². The molecule has 1 saturated heterocycles. The number of carbonyl (C=O) groups excluding carboxylic acids is 1. The van der Waals surface area contributed by atoms with Crippen LogP contribution in [0, 0.1) is 19.8 Å². The molecule has 0 aromatic carbocycles. The van der Waals surface area contributed by atoms with Crippen LogP contribution in [0.5, 0.6) is 0 Å². The molecule has 124 valence electrons. The Morgan fingerprint density at radius 3 is 3.00 bits per heavy atom. The molecule has 3 rings (SSSR count). The lowest BCUT2D eigenvalue weighted by molar-refractivity contribution is -0.125. The zero-order chi connectivity index (χ0) is 16.4. The highest BCUT2D eigenvalue weighted by Crippen LogP contribution is 2.30. The van der Waals surface area contributed by atoms with Crippen LogP contribution >= 0.6 is 0 Å². The van der Waals surface area contributed by atoms with E-state index in [1.54, 1.807) is 0 Å². The normalized spacial score (nSPS) is 18.4. The molecule has 7 nitrogen and oxygen atoms in total. The average molecular weight is 317 g/mol. The Morgan fingerprint density at radius 1 is 1.39 bits per heavy atom.